The van der Waals surface area contributed by atoms with Crippen LogP contribution in [0.25, 0.3) is 22.4 Å². The molecule has 0 atom stereocenters. The number of nitrogens with two attached hydrogens (primary N) is 1. The number of rotatable bonds is 7. The van der Waals surface area contributed by atoms with E-state index in [1.54, 1.807) is 25.3 Å². The van der Waals surface area contributed by atoms with Crippen LogP contribution in [0.4, 0.5) is 14.5 Å². The lowest BCUT2D eigenvalue weighted by molar-refractivity contribution is -0.130. The normalized spacial score (nSPS) is 21.2. The molecule has 2 aliphatic carbocycles. The number of halogens is 2. The minimum Gasteiger partial charge on any atom is -0.343 e. The van der Waals surface area contributed by atoms with Crippen LogP contribution in [0.3, 0.4) is 0 Å². The monoisotopic (exact) mass is 546 g/mol. The first-order chi connectivity index (χ1) is 19.0. The second-order valence-electron chi connectivity index (χ2n) is 11.5. The van der Waals surface area contributed by atoms with Crippen LogP contribution in [0.2, 0.25) is 0 Å². The summed E-state index contributed by atoms with van der Waals surface area (Å²) in [5.74, 6) is -2.39. The van der Waals surface area contributed by atoms with Crippen molar-refractivity contribution >= 4 is 17.5 Å². The zero-order chi connectivity index (χ0) is 28.5. The van der Waals surface area contributed by atoms with Gasteiger partial charge in [0.1, 0.15) is 0 Å². The van der Waals surface area contributed by atoms with Gasteiger partial charge in [-0.3, -0.25) is 14.6 Å². The fraction of sp³-hybridized carbons (Fsp3) is 0.406. The van der Waals surface area contributed by atoms with E-state index in [1.807, 2.05) is 60.5 Å². The smallest absolute Gasteiger partial charge is 0.252 e. The molecule has 210 valence electrons. The van der Waals surface area contributed by atoms with Gasteiger partial charge in [-0.2, -0.15) is 0 Å². The summed E-state index contributed by atoms with van der Waals surface area (Å²) < 4.78 is 27.0. The highest BCUT2D eigenvalue weighted by Gasteiger charge is 2.55. The van der Waals surface area contributed by atoms with Crippen molar-refractivity contribution < 1.29 is 18.4 Å². The van der Waals surface area contributed by atoms with Gasteiger partial charge in [0.2, 0.25) is 11.8 Å². The largest absolute Gasteiger partial charge is 0.343 e. The number of carbonyl (C=O) groups is 2. The molecule has 0 saturated heterocycles. The summed E-state index contributed by atoms with van der Waals surface area (Å²) in [6.45, 7) is 1.59. The van der Waals surface area contributed by atoms with Gasteiger partial charge in [0.25, 0.3) is 5.92 Å². The minimum absolute atomic E-state index is 0.0492. The summed E-state index contributed by atoms with van der Waals surface area (Å²) in [4.78, 5) is 31.1. The van der Waals surface area contributed by atoms with Crippen LogP contribution >= 0.6 is 0 Å². The maximum atomic E-state index is 13.5. The highest BCUT2D eigenvalue weighted by molar-refractivity contribution is 5.93. The maximum absolute atomic E-state index is 13.5. The number of carbonyl (C=O) groups excluding carboxylic acids is 2. The average Bonchev–Trinajstić information content (AvgIpc) is 2.92. The summed E-state index contributed by atoms with van der Waals surface area (Å²) >= 11 is 0. The summed E-state index contributed by atoms with van der Waals surface area (Å²) in [6.07, 6.45) is 5.05. The topological polar surface area (TPSA) is 88.3 Å². The van der Waals surface area contributed by atoms with Gasteiger partial charge < -0.3 is 16.0 Å². The molecule has 5 rings (SSSR count). The lowest BCUT2D eigenvalue weighted by atomic mass is 9.70. The van der Waals surface area contributed by atoms with Crippen molar-refractivity contribution in [1.29, 1.82) is 0 Å². The molecule has 2 aliphatic rings. The number of nitrogens with zero attached hydrogens (tertiary/aromatic N) is 2. The number of aromatic nitrogens is 1. The molecule has 0 unspecified atom stereocenters. The first kappa shape index (κ1) is 27.9. The van der Waals surface area contributed by atoms with Crippen LogP contribution in [-0.4, -0.2) is 40.7 Å². The van der Waals surface area contributed by atoms with Crippen LogP contribution in [0.15, 0.2) is 66.9 Å². The Morgan fingerprint density at radius 1 is 1.00 bits per heavy atom. The standard InChI is InChI=1S/C32H36F2N4O2/c1-21(39)38(2)27-14-8-22(9-15-27)16-29(40)37-26-17-28(23-6-4-3-5-7-23)30(36-18-26)24-10-12-25(13-11-24)31(35)19-32(33,34)20-31/h3-7,10-13,17-18,22,27H,8-9,14-16,19-20,35H2,1-2H3,(H,37,40)/t22-,27-. The van der Waals surface area contributed by atoms with Gasteiger partial charge in [0.15, 0.2) is 0 Å². The van der Waals surface area contributed by atoms with E-state index < -0.39 is 11.5 Å². The Morgan fingerprint density at radius 3 is 2.25 bits per heavy atom. The van der Waals surface area contributed by atoms with Crippen molar-refractivity contribution in [3.8, 4) is 22.4 Å². The molecule has 0 aliphatic heterocycles. The van der Waals surface area contributed by atoms with E-state index in [4.69, 9.17) is 10.7 Å². The quantitative estimate of drug-likeness (QED) is 0.361. The lowest BCUT2D eigenvalue weighted by Crippen LogP contribution is -2.55. The number of pyridine rings is 1. The van der Waals surface area contributed by atoms with Crippen LogP contribution < -0.4 is 11.1 Å². The highest BCUT2D eigenvalue weighted by Crippen LogP contribution is 2.50. The van der Waals surface area contributed by atoms with Crippen molar-refractivity contribution in [1.82, 2.24) is 9.88 Å². The third-order valence-electron chi connectivity index (χ3n) is 8.47. The van der Waals surface area contributed by atoms with Gasteiger partial charge >= 0.3 is 0 Å². The molecular weight excluding hydrogens is 510 g/mol. The van der Waals surface area contributed by atoms with Gasteiger partial charge in [0.05, 0.1) is 23.1 Å². The predicted molar refractivity (Wildman–Crippen MR) is 153 cm³/mol. The molecule has 1 heterocycles. The summed E-state index contributed by atoms with van der Waals surface area (Å²) in [5.41, 5.74) is 9.90. The summed E-state index contributed by atoms with van der Waals surface area (Å²) in [7, 11) is 1.85. The molecule has 1 aromatic heterocycles. The average molecular weight is 547 g/mol. The Kier molecular flexibility index (Phi) is 7.73. The van der Waals surface area contributed by atoms with E-state index in [9.17, 15) is 18.4 Å². The van der Waals surface area contributed by atoms with Crippen molar-refractivity contribution in [2.45, 2.75) is 69.4 Å². The maximum Gasteiger partial charge on any atom is 0.252 e. The molecule has 2 saturated carbocycles. The van der Waals surface area contributed by atoms with Crippen molar-refractivity contribution in [2.24, 2.45) is 11.7 Å². The van der Waals surface area contributed by atoms with Crippen LogP contribution in [0, 0.1) is 5.92 Å². The second kappa shape index (κ2) is 11.1. The molecule has 0 spiro atoms. The van der Waals surface area contributed by atoms with Crippen molar-refractivity contribution in [3.05, 3.63) is 72.4 Å². The summed E-state index contributed by atoms with van der Waals surface area (Å²) in [5, 5.41) is 3.03. The van der Waals surface area contributed by atoms with Crippen LogP contribution in [-0.2, 0) is 15.1 Å². The molecule has 0 bridgehead atoms. The molecule has 0 radical (unpaired) electrons. The van der Waals surface area contributed by atoms with Gasteiger partial charge in [-0.05, 0) is 48.8 Å². The number of benzene rings is 2. The minimum atomic E-state index is -2.71. The number of amides is 2. The number of hydrogen-bond donors (Lipinski definition) is 2. The Bertz CT molecular complexity index is 1360. The third kappa shape index (κ3) is 6.07. The molecule has 6 nitrogen and oxygen atoms in total. The van der Waals surface area contributed by atoms with Gasteiger partial charge in [-0.25, -0.2) is 8.78 Å². The fourth-order valence-corrected chi connectivity index (χ4v) is 6.10. The molecule has 3 N–H and O–H groups in total. The molecule has 40 heavy (non-hydrogen) atoms. The molecule has 2 amide bonds. The van der Waals surface area contributed by atoms with Gasteiger partial charge in [-0.15, -0.1) is 0 Å². The number of anilines is 1. The van der Waals surface area contributed by atoms with Gasteiger partial charge in [-0.1, -0.05) is 54.6 Å². The fourth-order valence-electron chi connectivity index (χ4n) is 6.10. The molecule has 3 aromatic rings. The molecule has 2 fully saturated rings. The van der Waals surface area contributed by atoms with Crippen LogP contribution in [0.5, 0.6) is 0 Å². The summed E-state index contributed by atoms with van der Waals surface area (Å²) in [6, 6.07) is 19.3. The predicted octanol–water partition coefficient (Wildman–Crippen LogP) is 6.36. The highest BCUT2D eigenvalue weighted by atomic mass is 19.3. The Hall–Kier alpha value is -3.65. The first-order valence-corrected chi connectivity index (χ1v) is 13.9. The third-order valence-corrected chi connectivity index (χ3v) is 8.47. The number of alkyl halides is 2. The SMILES string of the molecule is CC(=O)N(C)[C@H]1CC[C@H](CC(=O)Nc2cnc(-c3ccc(C4(N)CC(F)(F)C4)cc3)c(-c3ccccc3)c2)CC1. The Balaban J connectivity index is 1.30. The van der Waals surface area contributed by atoms with E-state index in [0.717, 1.165) is 48.1 Å². The Morgan fingerprint density at radius 2 is 1.65 bits per heavy atom. The lowest BCUT2D eigenvalue weighted by Gasteiger charge is -2.44. The number of nitrogens with one attached hydrogen (secondary N) is 1. The van der Waals surface area contributed by atoms with E-state index in [-0.39, 0.29) is 36.6 Å². The zero-order valence-corrected chi connectivity index (χ0v) is 23.0. The Labute approximate surface area is 234 Å². The zero-order valence-electron chi connectivity index (χ0n) is 23.0. The van der Waals surface area contributed by atoms with E-state index >= 15 is 0 Å². The van der Waals surface area contributed by atoms with Gasteiger partial charge in [0, 0.05) is 50.4 Å². The molecule has 8 heteroatoms. The van der Waals surface area contributed by atoms with E-state index in [2.05, 4.69) is 5.32 Å². The van der Waals surface area contributed by atoms with E-state index in [0.29, 0.717) is 17.7 Å². The van der Waals surface area contributed by atoms with Crippen LogP contribution in [0.1, 0.15) is 57.4 Å². The molecular formula is C32H36F2N4O2. The van der Waals surface area contributed by atoms with Crippen molar-refractivity contribution in [2.75, 3.05) is 12.4 Å². The first-order valence-electron chi connectivity index (χ1n) is 13.9. The molecule has 2 aromatic carbocycles. The van der Waals surface area contributed by atoms with E-state index in [1.165, 1.54) is 0 Å². The second-order valence-corrected chi connectivity index (χ2v) is 11.5. The number of hydrogen-bond acceptors (Lipinski definition) is 4. The van der Waals surface area contributed by atoms with Crippen molar-refractivity contribution in [3.63, 3.8) is 0 Å².